The lowest BCUT2D eigenvalue weighted by atomic mass is 10.3. The fourth-order valence-corrected chi connectivity index (χ4v) is 0. The maximum atomic E-state index is 9.44. The molecule has 22 heavy (non-hydrogen) atoms. The third-order valence-electron chi connectivity index (χ3n) is 0.354. The van der Waals surface area contributed by atoms with Crippen LogP contribution in [0.1, 0.15) is 75.7 Å². The van der Waals surface area contributed by atoms with E-state index < -0.39 is 0 Å². The summed E-state index contributed by atoms with van der Waals surface area (Å²) in [5.74, 6) is 1.00. The van der Waals surface area contributed by atoms with E-state index in [1.54, 1.807) is 28.1 Å². The predicted octanol–water partition coefficient (Wildman–Crippen LogP) is 4.55. The molecule has 142 valence electrons. The highest BCUT2D eigenvalue weighted by Crippen LogP contribution is 1.81. The van der Waals surface area contributed by atoms with E-state index in [0.717, 1.165) is 12.5 Å². The van der Waals surface area contributed by atoms with E-state index in [2.05, 4.69) is 51.6 Å². The SMILES string of the molecule is CC(C)=O.CC(C)C.CC(C)O.CCC.CCNC.COC. The molecule has 0 aromatic heterocycles. The Kier molecular flexibility index (Phi) is 85.3. The van der Waals surface area contributed by atoms with Gasteiger partial charge in [-0.15, -0.1) is 0 Å². The highest BCUT2D eigenvalue weighted by atomic mass is 16.4. The van der Waals surface area contributed by atoms with Gasteiger partial charge in [-0.3, -0.25) is 0 Å². The Morgan fingerprint density at radius 1 is 1.00 bits per heavy atom. The minimum atomic E-state index is -0.167. The second-order valence-corrected chi connectivity index (χ2v) is 5.56. The second-order valence-electron chi connectivity index (χ2n) is 5.56. The number of aliphatic hydroxyl groups is 1. The Morgan fingerprint density at radius 3 is 1.05 bits per heavy atom. The molecule has 0 aliphatic rings. The molecule has 0 saturated carbocycles. The first-order valence-corrected chi connectivity index (χ1v) is 8.14. The monoisotopic (exact) mass is 325 g/mol. The Morgan fingerprint density at radius 2 is 1.05 bits per heavy atom. The number of carbonyl (C=O) groups is 1. The van der Waals surface area contributed by atoms with Gasteiger partial charge in [0, 0.05) is 20.3 Å². The van der Waals surface area contributed by atoms with Gasteiger partial charge in [-0.2, -0.15) is 0 Å². The van der Waals surface area contributed by atoms with Crippen molar-refractivity contribution in [3.8, 4) is 0 Å². The third-order valence-corrected chi connectivity index (χ3v) is 0.354. The Bertz CT molecular complexity index is 119. The molecule has 0 aliphatic carbocycles. The summed E-state index contributed by atoms with van der Waals surface area (Å²) in [6, 6.07) is 0. The molecule has 0 radical (unpaired) electrons. The predicted molar refractivity (Wildman–Crippen MR) is 103 cm³/mol. The fourth-order valence-electron chi connectivity index (χ4n) is 0. The first-order valence-electron chi connectivity index (χ1n) is 8.14. The standard InChI is InChI=1S/C4H10.C3H9N.C3H8O.C3H6O.C3H8.C2H6O/c1-4(2)3;1-3-4-2;2*1-3(2)4;2*1-3-2/h4H,1-3H3;4H,3H2,1-2H3;3-4H,1-2H3;1-2H3;3H2,1-2H3;1-2H3. The Balaban J connectivity index is -0.0000000351. The van der Waals surface area contributed by atoms with E-state index in [-0.39, 0.29) is 11.9 Å². The van der Waals surface area contributed by atoms with Crippen LogP contribution in [0.3, 0.4) is 0 Å². The van der Waals surface area contributed by atoms with Gasteiger partial charge in [0.1, 0.15) is 5.78 Å². The van der Waals surface area contributed by atoms with E-state index in [1.807, 2.05) is 7.05 Å². The Hall–Kier alpha value is -0.450. The second kappa shape index (κ2) is 49.9. The number of hydrogen-bond donors (Lipinski definition) is 2. The molecule has 0 amide bonds. The average Bonchev–Trinajstić information content (AvgIpc) is 2.28. The van der Waals surface area contributed by atoms with Crippen LogP contribution in [0.25, 0.3) is 0 Å². The number of ether oxygens (including phenoxy) is 1. The summed E-state index contributed by atoms with van der Waals surface area (Å²) in [6.07, 6.45) is 1.08. The molecule has 0 rings (SSSR count). The Labute approximate surface area is 142 Å². The van der Waals surface area contributed by atoms with Gasteiger partial charge in [-0.05, 0) is 47.2 Å². The average molecular weight is 326 g/mol. The molecule has 0 bridgehead atoms. The van der Waals surface area contributed by atoms with Crippen molar-refractivity contribution in [2.45, 2.75) is 81.8 Å². The summed E-state index contributed by atoms with van der Waals surface area (Å²) in [5, 5.41) is 11.0. The van der Waals surface area contributed by atoms with Crippen LogP contribution in [0.2, 0.25) is 0 Å². The number of rotatable bonds is 1. The van der Waals surface area contributed by atoms with Gasteiger partial charge in [0.25, 0.3) is 0 Å². The van der Waals surface area contributed by atoms with Gasteiger partial charge >= 0.3 is 0 Å². The summed E-state index contributed by atoms with van der Waals surface area (Å²) >= 11 is 0. The number of ketones is 1. The molecule has 4 heteroatoms. The van der Waals surface area contributed by atoms with Crippen LogP contribution in [-0.2, 0) is 9.53 Å². The van der Waals surface area contributed by atoms with E-state index in [0.29, 0.717) is 0 Å². The summed E-state index contributed by atoms with van der Waals surface area (Å²) in [5.41, 5.74) is 0. The van der Waals surface area contributed by atoms with Crippen molar-refractivity contribution in [3.05, 3.63) is 0 Å². The van der Waals surface area contributed by atoms with Crippen molar-refractivity contribution in [2.75, 3.05) is 27.8 Å². The van der Waals surface area contributed by atoms with Crippen LogP contribution in [0.4, 0.5) is 0 Å². The van der Waals surface area contributed by atoms with Crippen LogP contribution < -0.4 is 5.32 Å². The quantitative estimate of drug-likeness (QED) is 0.742. The van der Waals surface area contributed by atoms with Gasteiger partial charge in [0.05, 0.1) is 0 Å². The van der Waals surface area contributed by atoms with Gasteiger partial charge < -0.3 is 20.0 Å². The molecular weight excluding hydrogens is 278 g/mol. The van der Waals surface area contributed by atoms with Crippen molar-refractivity contribution < 1.29 is 14.6 Å². The van der Waals surface area contributed by atoms with Gasteiger partial charge in [-0.1, -0.05) is 48.0 Å². The highest BCUT2D eigenvalue weighted by Gasteiger charge is 1.69. The van der Waals surface area contributed by atoms with E-state index >= 15 is 0 Å². The summed E-state index contributed by atoms with van der Waals surface area (Å²) in [4.78, 5) is 9.44. The lowest BCUT2D eigenvalue weighted by Crippen LogP contribution is -2.01. The minimum Gasteiger partial charge on any atom is -0.394 e. The van der Waals surface area contributed by atoms with Crippen molar-refractivity contribution in [1.29, 1.82) is 0 Å². The molecule has 0 aromatic rings. The molecule has 0 spiro atoms. The number of methoxy groups -OCH3 is 1. The van der Waals surface area contributed by atoms with Crippen LogP contribution in [0.15, 0.2) is 0 Å². The fraction of sp³-hybridized carbons (Fsp3) is 0.944. The largest absolute Gasteiger partial charge is 0.394 e. The van der Waals surface area contributed by atoms with Crippen molar-refractivity contribution in [3.63, 3.8) is 0 Å². The molecule has 2 N–H and O–H groups in total. The molecule has 0 aliphatic heterocycles. The first kappa shape index (κ1) is 37.6. The van der Waals surface area contributed by atoms with Crippen LogP contribution in [0.5, 0.6) is 0 Å². The normalized spacial score (nSPS) is 7.45. The number of Topliss-reactive ketones (excluding diaryl/α,β-unsaturated/α-hetero) is 1. The third kappa shape index (κ3) is 22200. The molecular formula is C18H47NO3. The van der Waals surface area contributed by atoms with Gasteiger partial charge in [0.15, 0.2) is 0 Å². The molecule has 0 fully saturated rings. The zero-order valence-electron chi connectivity index (χ0n) is 17.8. The van der Waals surface area contributed by atoms with E-state index in [1.165, 1.54) is 20.3 Å². The zero-order chi connectivity index (χ0) is 19.6. The lowest BCUT2D eigenvalue weighted by molar-refractivity contribution is -0.114. The summed E-state index contributed by atoms with van der Waals surface area (Å²) < 4.78 is 4.25. The molecule has 4 nitrogen and oxygen atoms in total. The minimum absolute atomic E-state index is 0.167. The van der Waals surface area contributed by atoms with E-state index in [4.69, 9.17) is 5.11 Å². The van der Waals surface area contributed by atoms with Crippen molar-refractivity contribution >= 4 is 5.78 Å². The zero-order valence-corrected chi connectivity index (χ0v) is 17.8. The molecule has 0 atom stereocenters. The number of carbonyl (C=O) groups excluding carboxylic acids is 1. The maximum Gasteiger partial charge on any atom is 0.126 e. The molecule has 0 unspecified atom stereocenters. The van der Waals surface area contributed by atoms with Gasteiger partial charge in [-0.25, -0.2) is 0 Å². The van der Waals surface area contributed by atoms with Crippen LogP contribution in [-0.4, -0.2) is 44.8 Å². The smallest absolute Gasteiger partial charge is 0.126 e. The highest BCUT2D eigenvalue weighted by molar-refractivity contribution is 5.72. The number of aliphatic hydroxyl groups excluding tert-OH is 1. The van der Waals surface area contributed by atoms with Crippen LogP contribution in [0, 0.1) is 5.92 Å². The van der Waals surface area contributed by atoms with Crippen LogP contribution >= 0.6 is 0 Å². The van der Waals surface area contributed by atoms with Crippen molar-refractivity contribution in [1.82, 2.24) is 5.32 Å². The summed E-state index contributed by atoms with van der Waals surface area (Å²) in [6.45, 7) is 20.4. The molecule has 0 heterocycles. The topological polar surface area (TPSA) is 58.6 Å². The molecule has 0 aromatic carbocycles. The van der Waals surface area contributed by atoms with Crippen molar-refractivity contribution in [2.24, 2.45) is 5.92 Å². The molecule has 0 saturated heterocycles. The first-order chi connectivity index (χ1) is 9.94. The van der Waals surface area contributed by atoms with Gasteiger partial charge in [0.2, 0.25) is 0 Å². The lowest BCUT2D eigenvalue weighted by Gasteiger charge is -1.80. The maximum absolute atomic E-state index is 9.44. The van der Waals surface area contributed by atoms with E-state index in [9.17, 15) is 4.79 Å². The number of hydrogen-bond acceptors (Lipinski definition) is 4. The summed E-state index contributed by atoms with van der Waals surface area (Å²) in [7, 11) is 5.18. The number of nitrogens with one attached hydrogen (secondary N) is 1.